The Kier molecular flexibility index (Phi) is 4.27. The third kappa shape index (κ3) is 2.83. The smallest absolute Gasteiger partial charge is 0.227 e. The summed E-state index contributed by atoms with van der Waals surface area (Å²) in [5.41, 5.74) is 3.68. The highest BCUT2D eigenvalue weighted by Gasteiger charge is 2.28. The summed E-state index contributed by atoms with van der Waals surface area (Å²) in [5.74, 6) is 0.758. The molecule has 21 heavy (non-hydrogen) atoms. The zero-order chi connectivity index (χ0) is 14.8. The number of carbonyl (C=O) groups is 1. The second-order valence-corrected chi connectivity index (χ2v) is 6.00. The van der Waals surface area contributed by atoms with Gasteiger partial charge in [0.2, 0.25) is 5.91 Å². The van der Waals surface area contributed by atoms with Crippen molar-refractivity contribution in [2.75, 3.05) is 31.7 Å². The fourth-order valence-electron chi connectivity index (χ4n) is 3.46. The number of hydrogen-bond donors (Lipinski definition) is 1. The topological polar surface area (TPSA) is 41.6 Å². The molecule has 0 radical (unpaired) electrons. The van der Waals surface area contributed by atoms with E-state index >= 15 is 0 Å². The Bertz CT molecular complexity index is 524. The molecule has 0 aromatic heterocycles. The van der Waals surface area contributed by atoms with Crippen LogP contribution in [0.3, 0.4) is 0 Å². The van der Waals surface area contributed by atoms with Gasteiger partial charge in [-0.2, -0.15) is 0 Å². The van der Waals surface area contributed by atoms with Crippen LogP contribution < -0.4 is 10.2 Å². The Morgan fingerprint density at radius 2 is 2.29 bits per heavy atom. The second kappa shape index (κ2) is 6.16. The minimum absolute atomic E-state index is 0.211. The minimum atomic E-state index is 0.211. The van der Waals surface area contributed by atoms with Gasteiger partial charge in [0.15, 0.2) is 0 Å². The number of amides is 1. The van der Waals surface area contributed by atoms with Gasteiger partial charge in [-0.25, -0.2) is 0 Å². The molecule has 2 atom stereocenters. The lowest BCUT2D eigenvalue weighted by Gasteiger charge is -2.29. The van der Waals surface area contributed by atoms with Crippen LogP contribution in [0, 0.1) is 5.92 Å². The van der Waals surface area contributed by atoms with Gasteiger partial charge in [0.25, 0.3) is 0 Å². The summed E-state index contributed by atoms with van der Waals surface area (Å²) in [7, 11) is 1.87. The summed E-state index contributed by atoms with van der Waals surface area (Å²) in [5, 5.41) is 3.61. The van der Waals surface area contributed by atoms with Gasteiger partial charge in [-0.3, -0.25) is 4.79 Å². The first kappa shape index (κ1) is 14.5. The molecular formula is C17H24N2O2. The largest absolute Gasteiger partial charge is 0.381 e. The Balaban J connectivity index is 1.89. The number of aryl methyl sites for hydroxylation is 1. The number of ether oxygens (including phenoxy) is 1. The number of carbonyl (C=O) groups excluding carboxylic acids is 1. The maximum Gasteiger partial charge on any atom is 0.227 e. The zero-order valence-electron chi connectivity index (χ0n) is 12.9. The van der Waals surface area contributed by atoms with Crippen LogP contribution in [-0.4, -0.2) is 32.7 Å². The number of benzene rings is 1. The molecule has 1 aromatic carbocycles. The molecule has 2 aliphatic rings. The van der Waals surface area contributed by atoms with Gasteiger partial charge in [0, 0.05) is 37.7 Å². The van der Waals surface area contributed by atoms with Crippen LogP contribution in [0.15, 0.2) is 18.2 Å². The lowest BCUT2D eigenvalue weighted by molar-refractivity contribution is -0.118. The Morgan fingerprint density at radius 1 is 1.43 bits per heavy atom. The van der Waals surface area contributed by atoms with Crippen LogP contribution in [0.4, 0.5) is 5.69 Å². The molecule has 0 bridgehead atoms. The molecule has 1 N–H and O–H groups in total. The first-order valence-electron chi connectivity index (χ1n) is 7.91. The molecule has 2 aliphatic heterocycles. The molecule has 1 amide bonds. The van der Waals surface area contributed by atoms with Crippen molar-refractivity contribution in [3.8, 4) is 0 Å². The maximum atomic E-state index is 11.8. The number of nitrogens with zero attached hydrogens (tertiary/aromatic N) is 1. The number of fused-ring (bicyclic) bond motifs is 1. The molecule has 3 rings (SSSR count). The quantitative estimate of drug-likeness (QED) is 0.924. The molecule has 1 aromatic rings. The average Bonchev–Trinajstić information content (AvgIpc) is 3.02. The van der Waals surface area contributed by atoms with E-state index in [-0.39, 0.29) is 5.91 Å². The van der Waals surface area contributed by atoms with Crippen LogP contribution in [0.1, 0.15) is 36.9 Å². The molecule has 2 heterocycles. The van der Waals surface area contributed by atoms with Crippen molar-refractivity contribution in [3.63, 3.8) is 0 Å². The fourth-order valence-corrected chi connectivity index (χ4v) is 3.46. The van der Waals surface area contributed by atoms with E-state index in [9.17, 15) is 4.79 Å². The summed E-state index contributed by atoms with van der Waals surface area (Å²) in [4.78, 5) is 13.6. The normalized spacial score (nSPS) is 23.2. The van der Waals surface area contributed by atoms with Crippen LogP contribution in [0.5, 0.6) is 0 Å². The van der Waals surface area contributed by atoms with E-state index in [1.807, 2.05) is 7.05 Å². The average molecular weight is 288 g/mol. The van der Waals surface area contributed by atoms with E-state index < -0.39 is 0 Å². The molecule has 0 saturated carbocycles. The van der Waals surface area contributed by atoms with E-state index in [4.69, 9.17) is 4.74 Å². The van der Waals surface area contributed by atoms with E-state index in [1.54, 1.807) is 4.90 Å². The van der Waals surface area contributed by atoms with Crippen LogP contribution in [0.2, 0.25) is 0 Å². The Hall–Kier alpha value is -1.39. The standard InChI is InChI=1S/C17H24N2O2/c1-3-18-17(14-8-9-21-11-14)13-4-6-15-12(10-13)5-7-16(20)19(15)2/h4,6,10,14,17-18H,3,5,7-9,11H2,1-2H3. The highest BCUT2D eigenvalue weighted by molar-refractivity contribution is 5.95. The summed E-state index contributed by atoms with van der Waals surface area (Å²) in [6.07, 6.45) is 2.59. The number of nitrogens with one attached hydrogen (secondary N) is 1. The van der Waals surface area contributed by atoms with Gasteiger partial charge in [-0.05, 0) is 36.6 Å². The number of hydrogen-bond acceptors (Lipinski definition) is 3. The van der Waals surface area contributed by atoms with E-state index in [1.165, 1.54) is 11.1 Å². The Morgan fingerprint density at radius 3 is 3.00 bits per heavy atom. The van der Waals surface area contributed by atoms with Crippen molar-refractivity contribution >= 4 is 11.6 Å². The van der Waals surface area contributed by atoms with Crippen LogP contribution in [-0.2, 0) is 16.0 Å². The second-order valence-electron chi connectivity index (χ2n) is 6.00. The first-order valence-corrected chi connectivity index (χ1v) is 7.91. The van der Waals surface area contributed by atoms with Crippen LogP contribution >= 0.6 is 0 Å². The van der Waals surface area contributed by atoms with Gasteiger partial charge in [-0.1, -0.05) is 19.1 Å². The van der Waals surface area contributed by atoms with Gasteiger partial charge in [0.05, 0.1) is 6.61 Å². The lowest BCUT2D eigenvalue weighted by atomic mass is 9.89. The van der Waals surface area contributed by atoms with Gasteiger partial charge < -0.3 is 15.0 Å². The molecule has 4 nitrogen and oxygen atoms in total. The molecule has 1 saturated heterocycles. The Labute approximate surface area is 126 Å². The minimum Gasteiger partial charge on any atom is -0.381 e. The number of anilines is 1. The first-order chi connectivity index (χ1) is 10.2. The zero-order valence-corrected chi connectivity index (χ0v) is 12.9. The summed E-state index contributed by atoms with van der Waals surface area (Å²) in [6.45, 7) is 4.81. The van der Waals surface area contributed by atoms with Crippen molar-refractivity contribution < 1.29 is 9.53 Å². The van der Waals surface area contributed by atoms with Gasteiger partial charge in [0.1, 0.15) is 0 Å². The molecule has 114 valence electrons. The van der Waals surface area contributed by atoms with Gasteiger partial charge in [-0.15, -0.1) is 0 Å². The third-order valence-corrected chi connectivity index (χ3v) is 4.67. The van der Waals surface area contributed by atoms with Crippen molar-refractivity contribution in [2.24, 2.45) is 5.92 Å². The fraction of sp³-hybridized carbons (Fsp3) is 0.588. The van der Waals surface area contributed by atoms with Crippen molar-refractivity contribution in [3.05, 3.63) is 29.3 Å². The van der Waals surface area contributed by atoms with Gasteiger partial charge >= 0.3 is 0 Å². The summed E-state index contributed by atoms with van der Waals surface area (Å²) in [6, 6.07) is 6.90. The number of rotatable bonds is 4. The molecule has 2 unspecified atom stereocenters. The highest BCUT2D eigenvalue weighted by Crippen LogP contribution is 2.33. The molecule has 0 aliphatic carbocycles. The summed E-state index contributed by atoms with van der Waals surface area (Å²) < 4.78 is 5.56. The summed E-state index contributed by atoms with van der Waals surface area (Å²) >= 11 is 0. The molecule has 4 heteroatoms. The SMILES string of the molecule is CCNC(c1ccc2c(c1)CCC(=O)N2C)C1CCOC1. The lowest BCUT2D eigenvalue weighted by Crippen LogP contribution is -2.32. The van der Waals surface area contributed by atoms with E-state index in [0.717, 1.165) is 38.3 Å². The molecule has 1 fully saturated rings. The van der Waals surface area contributed by atoms with Crippen molar-refractivity contribution in [2.45, 2.75) is 32.2 Å². The predicted molar refractivity (Wildman–Crippen MR) is 83.5 cm³/mol. The van der Waals surface area contributed by atoms with E-state index in [0.29, 0.717) is 18.4 Å². The third-order valence-electron chi connectivity index (χ3n) is 4.67. The van der Waals surface area contributed by atoms with Crippen LogP contribution in [0.25, 0.3) is 0 Å². The van der Waals surface area contributed by atoms with Crippen molar-refractivity contribution in [1.29, 1.82) is 0 Å². The predicted octanol–water partition coefficient (Wildman–Crippen LogP) is 2.28. The molecule has 0 spiro atoms. The molecular weight excluding hydrogens is 264 g/mol. The van der Waals surface area contributed by atoms with Crippen molar-refractivity contribution in [1.82, 2.24) is 5.32 Å². The maximum absolute atomic E-state index is 11.8. The highest BCUT2D eigenvalue weighted by atomic mass is 16.5. The van der Waals surface area contributed by atoms with E-state index in [2.05, 4.69) is 30.4 Å². The monoisotopic (exact) mass is 288 g/mol.